The maximum atomic E-state index is 12.6. The van der Waals surface area contributed by atoms with Crippen molar-refractivity contribution in [3.05, 3.63) is 0 Å². The van der Waals surface area contributed by atoms with Gasteiger partial charge in [-0.3, -0.25) is 0 Å². The number of amides is 1. The lowest BCUT2D eigenvalue weighted by atomic mass is 9.69. The lowest BCUT2D eigenvalue weighted by molar-refractivity contribution is -0.0512. The number of hydrogen-bond donors (Lipinski definition) is 1. The molecular formula is C18H32N2O3. The first kappa shape index (κ1) is 17.0. The third-order valence-corrected chi connectivity index (χ3v) is 5.49. The average Bonchev–Trinajstić information content (AvgIpc) is 2.44. The summed E-state index contributed by atoms with van der Waals surface area (Å²) in [6.45, 7) is 8.39. The number of carbonyl (C=O) groups is 1. The molecule has 5 nitrogen and oxygen atoms in total. The molecule has 2 heterocycles. The number of nitrogens with one attached hydrogen (secondary N) is 1. The average molecular weight is 324 g/mol. The fraction of sp³-hybridized carbons (Fsp3) is 0.944. The molecular weight excluding hydrogens is 292 g/mol. The Morgan fingerprint density at radius 1 is 1.17 bits per heavy atom. The molecule has 2 saturated heterocycles. The molecule has 0 radical (unpaired) electrons. The Morgan fingerprint density at radius 2 is 1.87 bits per heavy atom. The summed E-state index contributed by atoms with van der Waals surface area (Å²) in [5.41, 5.74) is -0.372. The SMILES string of the molecule is CC(C)(C)OC(=O)N1CCC(NC2CCOCC2)CC12CCC2. The molecule has 1 N–H and O–H groups in total. The molecule has 1 aliphatic carbocycles. The van der Waals surface area contributed by atoms with E-state index in [0.717, 1.165) is 58.3 Å². The van der Waals surface area contributed by atoms with Crippen LogP contribution in [0, 0.1) is 0 Å². The fourth-order valence-electron chi connectivity index (χ4n) is 4.19. The highest BCUT2D eigenvalue weighted by Gasteiger charge is 2.49. The molecule has 1 unspecified atom stereocenters. The Balaban J connectivity index is 1.59. The molecule has 5 heteroatoms. The van der Waals surface area contributed by atoms with Crippen LogP contribution in [0.15, 0.2) is 0 Å². The van der Waals surface area contributed by atoms with Crippen LogP contribution in [0.2, 0.25) is 0 Å². The summed E-state index contributed by atoms with van der Waals surface area (Å²) in [5.74, 6) is 0. The molecule has 0 aromatic rings. The number of piperidine rings is 1. The van der Waals surface area contributed by atoms with Crippen molar-refractivity contribution in [3.63, 3.8) is 0 Å². The minimum Gasteiger partial charge on any atom is -0.444 e. The standard InChI is InChI=1S/C18H32N2O3/c1-17(2,3)23-16(21)20-10-5-15(13-18(20)8-4-9-18)19-14-6-11-22-12-7-14/h14-15,19H,4-13H2,1-3H3. The van der Waals surface area contributed by atoms with Gasteiger partial charge in [0.15, 0.2) is 0 Å². The zero-order valence-electron chi connectivity index (χ0n) is 14.9. The predicted molar refractivity (Wildman–Crippen MR) is 89.5 cm³/mol. The van der Waals surface area contributed by atoms with Gasteiger partial charge in [0.1, 0.15) is 5.60 Å². The topological polar surface area (TPSA) is 50.8 Å². The molecule has 2 aliphatic heterocycles. The minimum atomic E-state index is -0.417. The molecule has 3 rings (SSSR count). The van der Waals surface area contributed by atoms with Gasteiger partial charge in [0.2, 0.25) is 0 Å². The Hall–Kier alpha value is -0.810. The van der Waals surface area contributed by atoms with Gasteiger partial charge in [-0.25, -0.2) is 4.79 Å². The summed E-state index contributed by atoms with van der Waals surface area (Å²) in [4.78, 5) is 14.6. The molecule has 0 aromatic carbocycles. The van der Waals surface area contributed by atoms with Crippen LogP contribution in [-0.2, 0) is 9.47 Å². The highest BCUT2D eigenvalue weighted by molar-refractivity contribution is 5.69. The maximum Gasteiger partial charge on any atom is 0.410 e. The maximum absolute atomic E-state index is 12.6. The van der Waals surface area contributed by atoms with Crippen molar-refractivity contribution in [2.75, 3.05) is 19.8 Å². The Labute approximate surface area is 140 Å². The molecule has 1 atom stereocenters. The van der Waals surface area contributed by atoms with Crippen molar-refractivity contribution in [2.24, 2.45) is 0 Å². The first-order chi connectivity index (χ1) is 10.9. The van der Waals surface area contributed by atoms with Crippen LogP contribution in [0.25, 0.3) is 0 Å². The van der Waals surface area contributed by atoms with Crippen molar-refractivity contribution in [3.8, 4) is 0 Å². The number of likely N-dealkylation sites (tertiary alicyclic amines) is 1. The van der Waals surface area contributed by atoms with E-state index in [-0.39, 0.29) is 11.6 Å². The van der Waals surface area contributed by atoms with Gasteiger partial charge in [0.05, 0.1) is 0 Å². The van der Waals surface area contributed by atoms with Gasteiger partial charge in [-0.15, -0.1) is 0 Å². The van der Waals surface area contributed by atoms with Crippen molar-refractivity contribution in [1.29, 1.82) is 0 Å². The number of ether oxygens (including phenoxy) is 2. The highest BCUT2D eigenvalue weighted by atomic mass is 16.6. The molecule has 1 saturated carbocycles. The summed E-state index contributed by atoms with van der Waals surface area (Å²) in [7, 11) is 0. The van der Waals surface area contributed by atoms with Gasteiger partial charge in [0, 0.05) is 37.4 Å². The van der Waals surface area contributed by atoms with Crippen molar-refractivity contribution < 1.29 is 14.3 Å². The summed E-state index contributed by atoms with van der Waals surface area (Å²) in [6, 6.07) is 1.11. The second-order valence-corrected chi connectivity index (χ2v) is 8.45. The summed E-state index contributed by atoms with van der Waals surface area (Å²) >= 11 is 0. The van der Waals surface area contributed by atoms with E-state index >= 15 is 0 Å². The number of rotatable bonds is 2. The monoisotopic (exact) mass is 324 g/mol. The van der Waals surface area contributed by atoms with Gasteiger partial charge < -0.3 is 19.7 Å². The van der Waals surface area contributed by atoms with Crippen LogP contribution in [0.4, 0.5) is 4.79 Å². The molecule has 3 fully saturated rings. The third-order valence-electron chi connectivity index (χ3n) is 5.49. The van der Waals surface area contributed by atoms with E-state index in [0.29, 0.717) is 12.1 Å². The van der Waals surface area contributed by atoms with Crippen LogP contribution in [0.1, 0.15) is 65.7 Å². The van der Waals surface area contributed by atoms with E-state index in [4.69, 9.17) is 9.47 Å². The zero-order valence-corrected chi connectivity index (χ0v) is 14.9. The number of carbonyl (C=O) groups excluding carboxylic acids is 1. The molecule has 0 bridgehead atoms. The minimum absolute atomic E-state index is 0.0451. The van der Waals surface area contributed by atoms with Crippen LogP contribution in [0.5, 0.6) is 0 Å². The molecule has 1 spiro atoms. The Morgan fingerprint density at radius 3 is 2.43 bits per heavy atom. The summed E-state index contributed by atoms with van der Waals surface area (Å²) in [6.07, 6.45) is 7.67. The van der Waals surface area contributed by atoms with E-state index < -0.39 is 5.60 Å². The van der Waals surface area contributed by atoms with E-state index in [9.17, 15) is 4.79 Å². The molecule has 0 aromatic heterocycles. The van der Waals surface area contributed by atoms with Crippen molar-refractivity contribution in [1.82, 2.24) is 10.2 Å². The second-order valence-electron chi connectivity index (χ2n) is 8.45. The second kappa shape index (κ2) is 6.60. The molecule has 3 aliphatic rings. The van der Waals surface area contributed by atoms with E-state index in [2.05, 4.69) is 5.32 Å². The van der Waals surface area contributed by atoms with Crippen LogP contribution >= 0.6 is 0 Å². The van der Waals surface area contributed by atoms with Crippen molar-refractivity contribution in [2.45, 2.75) is 88.9 Å². The molecule has 132 valence electrons. The lowest BCUT2D eigenvalue weighted by Gasteiger charge is -2.55. The smallest absolute Gasteiger partial charge is 0.410 e. The van der Waals surface area contributed by atoms with Crippen molar-refractivity contribution >= 4 is 6.09 Å². The lowest BCUT2D eigenvalue weighted by Crippen LogP contribution is -2.64. The summed E-state index contributed by atoms with van der Waals surface area (Å²) < 4.78 is 11.1. The Kier molecular flexibility index (Phi) is 4.88. The first-order valence-electron chi connectivity index (χ1n) is 9.22. The third kappa shape index (κ3) is 4.00. The normalized spacial score (nSPS) is 28.5. The van der Waals surface area contributed by atoms with E-state index in [1.807, 2.05) is 25.7 Å². The number of nitrogens with zero attached hydrogens (tertiary/aromatic N) is 1. The molecule has 23 heavy (non-hydrogen) atoms. The van der Waals surface area contributed by atoms with Gasteiger partial charge in [-0.1, -0.05) is 0 Å². The Bertz CT molecular complexity index is 422. The van der Waals surface area contributed by atoms with Gasteiger partial charge in [0.25, 0.3) is 0 Å². The largest absolute Gasteiger partial charge is 0.444 e. The van der Waals surface area contributed by atoms with Gasteiger partial charge >= 0.3 is 6.09 Å². The zero-order chi connectivity index (χ0) is 16.5. The first-order valence-corrected chi connectivity index (χ1v) is 9.22. The molecule has 1 amide bonds. The van der Waals surface area contributed by atoms with Crippen LogP contribution < -0.4 is 5.32 Å². The number of hydrogen-bond acceptors (Lipinski definition) is 4. The quantitative estimate of drug-likeness (QED) is 0.848. The highest BCUT2D eigenvalue weighted by Crippen LogP contribution is 2.45. The van der Waals surface area contributed by atoms with Crippen LogP contribution in [-0.4, -0.2) is 54.0 Å². The van der Waals surface area contributed by atoms with Gasteiger partial charge in [-0.2, -0.15) is 0 Å². The predicted octanol–water partition coefficient (Wildman–Crippen LogP) is 3.08. The van der Waals surface area contributed by atoms with Gasteiger partial charge in [-0.05, 0) is 65.7 Å². The van der Waals surface area contributed by atoms with E-state index in [1.54, 1.807) is 0 Å². The van der Waals surface area contributed by atoms with Crippen LogP contribution in [0.3, 0.4) is 0 Å². The summed E-state index contributed by atoms with van der Waals surface area (Å²) in [5, 5.41) is 3.83. The fourth-order valence-corrected chi connectivity index (χ4v) is 4.19. The van der Waals surface area contributed by atoms with E-state index in [1.165, 1.54) is 6.42 Å².